The molecule has 2 aromatic heterocycles. The highest BCUT2D eigenvalue weighted by molar-refractivity contribution is 5.91. The molecule has 0 fully saturated rings. The van der Waals surface area contributed by atoms with Gasteiger partial charge < -0.3 is 19.4 Å². The predicted octanol–water partition coefficient (Wildman–Crippen LogP) is 1.95. The highest BCUT2D eigenvalue weighted by atomic mass is 16.4. The van der Waals surface area contributed by atoms with Crippen molar-refractivity contribution in [3.8, 4) is 0 Å². The fourth-order valence-corrected chi connectivity index (χ4v) is 2.49. The highest BCUT2D eigenvalue weighted by Crippen LogP contribution is 2.14. The Bertz CT molecular complexity index is 899. The molecule has 25 heavy (non-hydrogen) atoms. The van der Waals surface area contributed by atoms with E-state index >= 15 is 0 Å². The summed E-state index contributed by atoms with van der Waals surface area (Å²) >= 11 is 0. The van der Waals surface area contributed by atoms with E-state index < -0.39 is 11.9 Å². The second-order valence-electron chi connectivity index (χ2n) is 5.55. The third kappa shape index (κ3) is 4.05. The molecule has 1 amide bonds. The molecule has 3 rings (SSSR count). The van der Waals surface area contributed by atoms with Crippen LogP contribution in [0.5, 0.6) is 0 Å². The SMILES string of the molecule is O=C(NC(CO)c1ccccc1)c1ccc(Cn2ccccc2=O)o1. The fraction of sp³-hybridized carbons (Fsp3) is 0.158. The largest absolute Gasteiger partial charge is 0.454 e. The van der Waals surface area contributed by atoms with E-state index in [0.29, 0.717) is 5.76 Å². The summed E-state index contributed by atoms with van der Waals surface area (Å²) in [5, 5.41) is 12.3. The van der Waals surface area contributed by atoms with E-state index in [4.69, 9.17) is 4.42 Å². The number of rotatable bonds is 6. The summed E-state index contributed by atoms with van der Waals surface area (Å²) < 4.78 is 7.02. The summed E-state index contributed by atoms with van der Waals surface area (Å²) in [6, 6.07) is 16.8. The third-order valence-corrected chi connectivity index (χ3v) is 3.80. The average Bonchev–Trinajstić information content (AvgIpc) is 3.11. The van der Waals surface area contributed by atoms with Crippen molar-refractivity contribution in [1.82, 2.24) is 9.88 Å². The molecule has 2 heterocycles. The predicted molar refractivity (Wildman–Crippen MR) is 92.2 cm³/mol. The number of aliphatic hydroxyl groups excluding tert-OH is 1. The number of carbonyl (C=O) groups is 1. The lowest BCUT2D eigenvalue weighted by Crippen LogP contribution is -2.30. The maximum Gasteiger partial charge on any atom is 0.287 e. The number of amides is 1. The number of aliphatic hydroxyl groups is 1. The van der Waals surface area contributed by atoms with Crippen molar-refractivity contribution >= 4 is 5.91 Å². The first-order chi connectivity index (χ1) is 12.2. The second kappa shape index (κ2) is 7.63. The number of nitrogens with one attached hydrogen (secondary N) is 1. The monoisotopic (exact) mass is 338 g/mol. The van der Waals surface area contributed by atoms with Gasteiger partial charge in [-0.05, 0) is 23.8 Å². The van der Waals surface area contributed by atoms with Crippen molar-refractivity contribution < 1.29 is 14.3 Å². The fourth-order valence-electron chi connectivity index (χ4n) is 2.49. The van der Waals surface area contributed by atoms with Crippen LogP contribution in [0.4, 0.5) is 0 Å². The van der Waals surface area contributed by atoms with Crippen molar-refractivity contribution in [2.75, 3.05) is 6.61 Å². The van der Waals surface area contributed by atoms with Crippen molar-refractivity contribution in [2.24, 2.45) is 0 Å². The first-order valence-corrected chi connectivity index (χ1v) is 7.88. The summed E-state index contributed by atoms with van der Waals surface area (Å²) in [4.78, 5) is 24.1. The number of benzene rings is 1. The molecular formula is C19H18N2O4. The molecule has 1 atom stereocenters. The molecule has 0 radical (unpaired) electrons. The molecule has 0 aliphatic heterocycles. The van der Waals surface area contributed by atoms with Crippen LogP contribution >= 0.6 is 0 Å². The van der Waals surface area contributed by atoms with Crippen LogP contribution in [0.2, 0.25) is 0 Å². The normalized spacial score (nSPS) is 11.9. The molecule has 6 nitrogen and oxygen atoms in total. The lowest BCUT2D eigenvalue weighted by atomic mass is 10.1. The smallest absolute Gasteiger partial charge is 0.287 e. The molecule has 0 saturated carbocycles. The molecular weight excluding hydrogens is 320 g/mol. The lowest BCUT2D eigenvalue weighted by molar-refractivity contribution is 0.0886. The zero-order chi connectivity index (χ0) is 17.6. The van der Waals surface area contributed by atoms with Crippen molar-refractivity contribution in [3.63, 3.8) is 0 Å². The molecule has 128 valence electrons. The van der Waals surface area contributed by atoms with Crippen molar-refractivity contribution in [1.29, 1.82) is 0 Å². The lowest BCUT2D eigenvalue weighted by Gasteiger charge is -2.15. The van der Waals surface area contributed by atoms with E-state index in [-0.39, 0.29) is 24.5 Å². The van der Waals surface area contributed by atoms with Gasteiger partial charge in [-0.25, -0.2) is 0 Å². The van der Waals surface area contributed by atoms with E-state index in [1.54, 1.807) is 30.5 Å². The van der Waals surface area contributed by atoms with Gasteiger partial charge in [0, 0.05) is 12.3 Å². The summed E-state index contributed by atoms with van der Waals surface area (Å²) in [6.07, 6.45) is 1.65. The molecule has 0 aliphatic carbocycles. The second-order valence-corrected chi connectivity index (χ2v) is 5.55. The number of hydrogen-bond acceptors (Lipinski definition) is 4. The quantitative estimate of drug-likeness (QED) is 0.719. The summed E-state index contributed by atoms with van der Waals surface area (Å²) in [7, 11) is 0. The number of pyridine rings is 1. The molecule has 0 spiro atoms. The highest BCUT2D eigenvalue weighted by Gasteiger charge is 2.17. The molecule has 0 aliphatic rings. The van der Waals surface area contributed by atoms with E-state index in [2.05, 4.69) is 5.32 Å². The Hall–Kier alpha value is -3.12. The van der Waals surface area contributed by atoms with Crippen LogP contribution < -0.4 is 10.9 Å². The Morgan fingerprint density at radius 1 is 1.08 bits per heavy atom. The molecule has 2 N–H and O–H groups in total. The van der Waals surface area contributed by atoms with Crippen LogP contribution in [-0.4, -0.2) is 22.2 Å². The molecule has 3 aromatic rings. The van der Waals surface area contributed by atoms with Crippen LogP contribution in [-0.2, 0) is 6.54 Å². The Morgan fingerprint density at radius 3 is 2.56 bits per heavy atom. The number of hydrogen-bond donors (Lipinski definition) is 2. The van der Waals surface area contributed by atoms with Crippen LogP contribution in [0.15, 0.2) is 76.1 Å². The standard InChI is InChI=1S/C19H18N2O4/c22-13-16(14-6-2-1-3-7-14)20-19(24)17-10-9-15(25-17)12-21-11-5-4-8-18(21)23/h1-11,16,22H,12-13H2,(H,20,24). The zero-order valence-corrected chi connectivity index (χ0v) is 13.5. The van der Waals surface area contributed by atoms with Crippen molar-refractivity contribution in [3.05, 3.63) is 94.3 Å². The topological polar surface area (TPSA) is 84.5 Å². The van der Waals surface area contributed by atoms with E-state index in [1.165, 1.54) is 10.6 Å². The van der Waals surface area contributed by atoms with Gasteiger partial charge in [-0.2, -0.15) is 0 Å². The van der Waals surface area contributed by atoms with Gasteiger partial charge >= 0.3 is 0 Å². The minimum absolute atomic E-state index is 0.133. The van der Waals surface area contributed by atoms with Crippen LogP contribution in [0, 0.1) is 0 Å². The van der Waals surface area contributed by atoms with Crippen LogP contribution in [0.25, 0.3) is 0 Å². The maximum atomic E-state index is 12.3. The minimum atomic E-state index is -0.515. The summed E-state index contributed by atoms with van der Waals surface area (Å²) in [5.74, 6) is 0.210. The van der Waals surface area contributed by atoms with Gasteiger partial charge in [0.15, 0.2) is 5.76 Å². The van der Waals surface area contributed by atoms with Crippen molar-refractivity contribution in [2.45, 2.75) is 12.6 Å². The van der Waals surface area contributed by atoms with E-state index in [9.17, 15) is 14.7 Å². The Labute approximate surface area is 144 Å². The Balaban J connectivity index is 1.70. The van der Waals surface area contributed by atoms with Gasteiger partial charge in [0.2, 0.25) is 0 Å². The zero-order valence-electron chi connectivity index (χ0n) is 13.5. The van der Waals surface area contributed by atoms with Crippen LogP contribution in [0.3, 0.4) is 0 Å². The molecule has 1 aromatic carbocycles. The number of nitrogens with zero attached hydrogens (tertiary/aromatic N) is 1. The summed E-state index contributed by atoms with van der Waals surface area (Å²) in [6.45, 7) is 0.0256. The number of aromatic nitrogens is 1. The molecule has 1 unspecified atom stereocenters. The van der Waals surface area contributed by atoms with Gasteiger partial charge in [0.25, 0.3) is 11.5 Å². The summed E-state index contributed by atoms with van der Waals surface area (Å²) in [5.41, 5.74) is 0.662. The number of carbonyl (C=O) groups excluding carboxylic acids is 1. The third-order valence-electron chi connectivity index (χ3n) is 3.80. The molecule has 6 heteroatoms. The Kier molecular flexibility index (Phi) is 5.11. The maximum absolute atomic E-state index is 12.3. The first-order valence-electron chi connectivity index (χ1n) is 7.88. The Morgan fingerprint density at radius 2 is 1.84 bits per heavy atom. The van der Waals surface area contributed by atoms with E-state index in [0.717, 1.165) is 5.56 Å². The van der Waals surface area contributed by atoms with E-state index in [1.807, 2.05) is 30.3 Å². The van der Waals surface area contributed by atoms with Gasteiger partial charge in [-0.15, -0.1) is 0 Å². The number of furan rings is 1. The van der Waals surface area contributed by atoms with Gasteiger partial charge in [0.05, 0.1) is 19.2 Å². The molecule has 0 bridgehead atoms. The van der Waals surface area contributed by atoms with Gasteiger partial charge in [0.1, 0.15) is 5.76 Å². The average molecular weight is 338 g/mol. The molecule has 0 saturated heterocycles. The van der Waals surface area contributed by atoms with Crippen LogP contribution in [0.1, 0.15) is 27.9 Å². The first kappa shape index (κ1) is 16.7. The minimum Gasteiger partial charge on any atom is -0.454 e. The van der Waals surface area contributed by atoms with Gasteiger partial charge in [-0.3, -0.25) is 9.59 Å². The van der Waals surface area contributed by atoms with Gasteiger partial charge in [-0.1, -0.05) is 36.4 Å².